The summed E-state index contributed by atoms with van der Waals surface area (Å²) in [4.78, 5) is 6.27. The Labute approximate surface area is 94.8 Å². The fourth-order valence-corrected chi connectivity index (χ4v) is 1.26. The van der Waals surface area contributed by atoms with Crippen LogP contribution in [0.5, 0.6) is 0 Å². The Morgan fingerprint density at radius 1 is 1.43 bits per heavy atom. The van der Waals surface area contributed by atoms with E-state index in [0.717, 1.165) is 5.82 Å². The van der Waals surface area contributed by atoms with Crippen molar-refractivity contribution in [2.24, 2.45) is 0 Å². The average Bonchev–Trinajstić information content (AvgIpc) is 2.18. The third-order valence-corrected chi connectivity index (χ3v) is 3.17. The zero-order chi connectivity index (χ0) is 10.8. The molecule has 0 bridgehead atoms. The highest BCUT2D eigenvalue weighted by Crippen LogP contribution is 2.22. The molecule has 14 heavy (non-hydrogen) atoms. The van der Waals surface area contributed by atoms with Gasteiger partial charge in [-0.15, -0.1) is 11.6 Å². The first-order valence-corrected chi connectivity index (χ1v) is 5.30. The van der Waals surface area contributed by atoms with E-state index in [1.54, 1.807) is 6.20 Å². The van der Waals surface area contributed by atoms with Crippen molar-refractivity contribution in [2.75, 3.05) is 17.8 Å². The van der Waals surface area contributed by atoms with Gasteiger partial charge in [-0.3, -0.25) is 0 Å². The van der Waals surface area contributed by atoms with Crippen LogP contribution in [0.2, 0.25) is 5.02 Å². The van der Waals surface area contributed by atoms with Crippen LogP contribution in [0, 0.1) is 0 Å². The van der Waals surface area contributed by atoms with E-state index in [2.05, 4.69) is 18.8 Å². The van der Waals surface area contributed by atoms with E-state index in [9.17, 15) is 0 Å². The number of hydrogen-bond donors (Lipinski definition) is 0. The third-order valence-electron chi connectivity index (χ3n) is 2.29. The molecule has 0 saturated heterocycles. The maximum atomic E-state index is 5.87. The average molecular weight is 233 g/mol. The summed E-state index contributed by atoms with van der Waals surface area (Å²) in [6.07, 6.45) is 1.64. The van der Waals surface area contributed by atoms with Crippen LogP contribution in [0.25, 0.3) is 0 Å². The highest BCUT2D eigenvalue weighted by atomic mass is 35.5. The molecule has 0 aliphatic rings. The standard InChI is InChI=1S/C10H14Cl2N2/c1-10(2,7-11)14(3)9-5-4-8(12)6-13-9/h4-6H,7H2,1-3H3. The van der Waals surface area contributed by atoms with Crippen LogP contribution in [0.1, 0.15) is 13.8 Å². The van der Waals surface area contributed by atoms with E-state index < -0.39 is 0 Å². The molecule has 0 amide bonds. The molecule has 2 nitrogen and oxygen atoms in total. The molecule has 1 rings (SSSR count). The van der Waals surface area contributed by atoms with Gasteiger partial charge in [-0.05, 0) is 26.0 Å². The highest BCUT2D eigenvalue weighted by Gasteiger charge is 2.23. The number of nitrogens with zero attached hydrogens (tertiary/aromatic N) is 2. The van der Waals surface area contributed by atoms with Crippen molar-refractivity contribution in [1.29, 1.82) is 0 Å². The SMILES string of the molecule is CN(c1ccc(Cl)cn1)C(C)(C)CCl. The summed E-state index contributed by atoms with van der Waals surface area (Å²) in [5.74, 6) is 1.42. The first-order valence-electron chi connectivity index (χ1n) is 4.39. The Morgan fingerprint density at radius 3 is 2.50 bits per heavy atom. The Balaban J connectivity index is 2.89. The summed E-state index contributed by atoms with van der Waals surface area (Å²) in [7, 11) is 1.97. The molecule has 78 valence electrons. The molecule has 4 heteroatoms. The number of halogens is 2. The van der Waals surface area contributed by atoms with Crippen LogP contribution in [-0.4, -0.2) is 23.5 Å². The normalized spacial score (nSPS) is 11.5. The Hall–Kier alpha value is -0.470. The molecule has 0 fully saturated rings. The Bertz CT molecular complexity index is 295. The zero-order valence-electron chi connectivity index (χ0n) is 8.59. The largest absolute Gasteiger partial charge is 0.353 e. The van der Waals surface area contributed by atoms with Crippen molar-refractivity contribution >= 4 is 29.0 Å². The van der Waals surface area contributed by atoms with E-state index in [1.807, 2.05) is 24.1 Å². The second-order valence-corrected chi connectivity index (χ2v) is 4.54. The lowest BCUT2D eigenvalue weighted by molar-refractivity contribution is 0.540. The minimum absolute atomic E-state index is 0.109. The number of anilines is 1. The van der Waals surface area contributed by atoms with Gasteiger partial charge in [0, 0.05) is 24.7 Å². The van der Waals surface area contributed by atoms with Crippen LogP contribution in [0.3, 0.4) is 0 Å². The van der Waals surface area contributed by atoms with Gasteiger partial charge >= 0.3 is 0 Å². The van der Waals surface area contributed by atoms with Gasteiger partial charge < -0.3 is 4.90 Å². The summed E-state index contributed by atoms with van der Waals surface area (Å²) in [5.41, 5.74) is -0.109. The second-order valence-electron chi connectivity index (χ2n) is 3.84. The highest BCUT2D eigenvalue weighted by molar-refractivity contribution is 6.30. The summed E-state index contributed by atoms with van der Waals surface area (Å²) < 4.78 is 0. The van der Waals surface area contributed by atoms with Crippen LogP contribution in [0.15, 0.2) is 18.3 Å². The van der Waals surface area contributed by atoms with Gasteiger partial charge in [0.25, 0.3) is 0 Å². The smallest absolute Gasteiger partial charge is 0.128 e. The summed E-state index contributed by atoms with van der Waals surface area (Å²) >= 11 is 11.6. The molecule has 0 N–H and O–H groups in total. The second kappa shape index (κ2) is 4.37. The zero-order valence-corrected chi connectivity index (χ0v) is 10.1. The molecular weight excluding hydrogens is 219 g/mol. The fourth-order valence-electron chi connectivity index (χ4n) is 0.966. The molecule has 0 aliphatic heterocycles. The van der Waals surface area contributed by atoms with Gasteiger partial charge in [-0.1, -0.05) is 11.6 Å². The van der Waals surface area contributed by atoms with Crippen LogP contribution in [-0.2, 0) is 0 Å². The first kappa shape index (κ1) is 11.6. The summed E-state index contributed by atoms with van der Waals surface area (Å²) in [6.45, 7) is 4.13. The molecule has 0 aliphatic carbocycles. The number of alkyl halides is 1. The number of pyridine rings is 1. The minimum Gasteiger partial charge on any atom is -0.353 e. The van der Waals surface area contributed by atoms with E-state index in [4.69, 9.17) is 23.2 Å². The number of aromatic nitrogens is 1. The molecule has 0 atom stereocenters. The van der Waals surface area contributed by atoms with Crippen molar-refractivity contribution in [2.45, 2.75) is 19.4 Å². The van der Waals surface area contributed by atoms with Crippen LogP contribution >= 0.6 is 23.2 Å². The lowest BCUT2D eigenvalue weighted by Crippen LogP contribution is -2.43. The fraction of sp³-hybridized carbons (Fsp3) is 0.500. The van der Waals surface area contributed by atoms with E-state index in [0.29, 0.717) is 10.9 Å². The maximum absolute atomic E-state index is 5.87. The van der Waals surface area contributed by atoms with Crippen molar-refractivity contribution in [3.63, 3.8) is 0 Å². The molecule has 0 radical (unpaired) electrons. The maximum Gasteiger partial charge on any atom is 0.128 e. The third kappa shape index (κ3) is 2.52. The lowest BCUT2D eigenvalue weighted by Gasteiger charge is -2.34. The van der Waals surface area contributed by atoms with Gasteiger partial charge in [0.2, 0.25) is 0 Å². The molecule has 0 aromatic carbocycles. The van der Waals surface area contributed by atoms with Crippen molar-refractivity contribution < 1.29 is 0 Å². The van der Waals surface area contributed by atoms with Gasteiger partial charge in [0.1, 0.15) is 5.82 Å². The number of rotatable bonds is 3. The lowest BCUT2D eigenvalue weighted by atomic mass is 10.1. The predicted molar refractivity (Wildman–Crippen MR) is 62.4 cm³/mol. The van der Waals surface area contributed by atoms with Crippen LogP contribution < -0.4 is 4.90 Å². The topological polar surface area (TPSA) is 16.1 Å². The molecular formula is C10H14Cl2N2. The van der Waals surface area contributed by atoms with Crippen LogP contribution in [0.4, 0.5) is 5.82 Å². The Morgan fingerprint density at radius 2 is 2.07 bits per heavy atom. The van der Waals surface area contributed by atoms with Gasteiger partial charge in [0.05, 0.1) is 5.02 Å². The monoisotopic (exact) mass is 232 g/mol. The van der Waals surface area contributed by atoms with E-state index >= 15 is 0 Å². The molecule has 0 saturated carbocycles. The molecule has 1 aromatic heterocycles. The van der Waals surface area contributed by atoms with E-state index in [-0.39, 0.29) is 5.54 Å². The van der Waals surface area contributed by atoms with Gasteiger partial charge in [-0.2, -0.15) is 0 Å². The predicted octanol–water partition coefficient (Wildman–Crippen LogP) is 3.19. The number of hydrogen-bond acceptors (Lipinski definition) is 2. The minimum atomic E-state index is -0.109. The van der Waals surface area contributed by atoms with Gasteiger partial charge in [0.15, 0.2) is 0 Å². The molecule has 0 unspecified atom stereocenters. The summed E-state index contributed by atoms with van der Waals surface area (Å²) in [6, 6.07) is 3.71. The van der Waals surface area contributed by atoms with Crippen molar-refractivity contribution in [1.82, 2.24) is 4.98 Å². The summed E-state index contributed by atoms with van der Waals surface area (Å²) in [5, 5.41) is 0.644. The van der Waals surface area contributed by atoms with Crippen molar-refractivity contribution in [3.8, 4) is 0 Å². The Kier molecular flexibility index (Phi) is 3.62. The van der Waals surface area contributed by atoms with Gasteiger partial charge in [-0.25, -0.2) is 4.98 Å². The van der Waals surface area contributed by atoms with E-state index in [1.165, 1.54) is 0 Å². The molecule has 1 heterocycles. The molecule has 1 aromatic rings. The molecule has 0 spiro atoms. The first-order chi connectivity index (χ1) is 6.47. The quantitative estimate of drug-likeness (QED) is 0.745. The van der Waals surface area contributed by atoms with Crippen molar-refractivity contribution in [3.05, 3.63) is 23.4 Å².